The molecule has 5 heteroatoms. The minimum Gasteiger partial charge on any atom is -0.496 e. The molecule has 1 unspecified atom stereocenters. The summed E-state index contributed by atoms with van der Waals surface area (Å²) < 4.78 is 10.8. The predicted molar refractivity (Wildman–Crippen MR) is 82.5 cm³/mol. The minimum atomic E-state index is -0.113. The van der Waals surface area contributed by atoms with E-state index in [1.165, 1.54) is 5.56 Å². The third-order valence-corrected chi connectivity index (χ3v) is 4.48. The molecule has 3 N–H and O–H groups in total. The van der Waals surface area contributed by atoms with Gasteiger partial charge in [-0.1, -0.05) is 12.1 Å². The SMILES string of the molecule is COc1csc(C(NN)c2ccc(C)c(C)c2OC)c1. The molecule has 0 aliphatic rings. The van der Waals surface area contributed by atoms with Crippen LogP contribution in [0.3, 0.4) is 0 Å². The Balaban J connectivity index is 2.49. The summed E-state index contributed by atoms with van der Waals surface area (Å²) in [6.45, 7) is 4.13. The number of hydrogen-bond donors (Lipinski definition) is 2. The monoisotopic (exact) mass is 292 g/mol. The Hall–Kier alpha value is -1.56. The van der Waals surface area contributed by atoms with Crippen molar-refractivity contribution in [2.75, 3.05) is 14.2 Å². The Labute approximate surface area is 123 Å². The van der Waals surface area contributed by atoms with Crippen molar-refractivity contribution in [2.45, 2.75) is 19.9 Å². The lowest BCUT2D eigenvalue weighted by Gasteiger charge is -2.20. The van der Waals surface area contributed by atoms with E-state index < -0.39 is 0 Å². The highest BCUT2D eigenvalue weighted by Gasteiger charge is 2.21. The van der Waals surface area contributed by atoms with E-state index in [0.29, 0.717) is 0 Å². The van der Waals surface area contributed by atoms with Gasteiger partial charge in [-0.2, -0.15) is 0 Å². The number of aryl methyl sites for hydroxylation is 1. The van der Waals surface area contributed by atoms with Gasteiger partial charge in [-0.15, -0.1) is 11.3 Å². The van der Waals surface area contributed by atoms with E-state index in [4.69, 9.17) is 15.3 Å². The molecule has 1 aromatic heterocycles. The van der Waals surface area contributed by atoms with Crippen LogP contribution < -0.4 is 20.7 Å². The van der Waals surface area contributed by atoms with E-state index in [2.05, 4.69) is 31.4 Å². The maximum Gasteiger partial charge on any atom is 0.129 e. The molecular formula is C15H20N2O2S. The summed E-state index contributed by atoms with van der Waals surface area (Å²) in [4.78, 5) is 1.09. The number of nitrogens with one attached hydrogen (secondary N) is 1. The normalized spacial score (nSPS) is 12.2. The molecule has 0 saturated heterocycles. The first-order valence-corrected chi connectivity index (χ1v) is 7.23. The topological polar surface area (TPSA) is 56.5 Å². The van der Waals surface area contributed by atoms with E-state index in [1.54, 1.807) is 25.6 Å². The molecule has 20 heavy (non-hydrogen) atoms. The number of methoxy groups -OCH3 is 2. The molecule has 0 aliphatic carbocycles. The zero-order chi connectivity index (χ0) is 14.7. The molecule has 4 nitrogen and oxygen atoms in total. The van der Waals surface area contributed by atoms with Gasteiger partial charge >= 0.3 is 0 Å². The summed E-state index contributed by atoms with van der Waals surface area (Å²) in [6.07, 6.45) is 0. The van der Waals surface area contributed by atoms with Gasteiger partial charge in [-0.3, -0.25) is 5.84 Å². The van der Waals surface area contributed by atoms with Crippen LogP contribution in [0.2, 0.25) is 0 Å². The number of benzene rings is 1. The van der Waals surface area contributed by atoms with Crippen molar-refractivity contribution in [3.05, 3.63) is 45.1 Å². The summed E-state index contributed by atoms with van der Waals surface area (Å²) in [5.41, 5.74) is 6.23. The highest BCUT2D eigenvalue weighted by atomic mass is 32.1. The van der Waals surface area contributed by atoms with E-state index in [0.717, 1.165) is 27.5 Å². The van der Waals surface area contributed by atoms with Crippen LogP contribution in [-0.4, -0.2) is 14.2 Å². The molecule has 2 aromatic rings. The van der Waals surface area contributed by atoms with E-state index in [-0.39, 0.29) is 6.04 Å². The van der Waals surface area contributed by atoms with Gasteiger partial charge in [-0.05, 0) is 31.0 Å². The Morgan fingerprint density at radius 2 is 1.95 bits per heavy atom. The average Bonchev–Trinajstić information content (AvgIpc) is 2.92. The van der Waals surface area contributed by atoms with Gasteiger partial charge in [0.2, 0.25) is 0 Å². The van der Waals surface area contributed by atoms with Crippen LogP contribution >= 0.6 is 11.3 Å². The molecule has 108 valence electrons. The van der Waals surface area contributed by atoms with E-state index >= 15 is 0 Å². The molecular weight excluding hydrogens is 272 g/mol. The minimum absolute atomic E-state index is 0.113. The Morgan fingerprint density at radius 3 is 2.50 bits per heavy atom. The zero-order valence-electron chi connectivity index (χ0n) is 12.2. The first-order valence-electron chi connectivity index (χ1n) is 6.35. The summed E-state index contributed by atoms with van der Waals surface area (Å²) >= 11 is 1.61. The third-order valence-electron chi connectivity index (χ3n) is 3.50. The van der Waals surface area contributed by atoms with Crippen LogP contribution in [0.15, 0.2) is 23.6 Å². The van der Waals surface area contributed by atoms with Gasteiger partial charge in [0, 0.05) is 15.8 Å². The number of hydrogen-bond acceptors (Lipinski definition) is 5. The number of nitrogens with two attached hydrogens (primary N) is 1. The summed E-state index contributed by atoms with van der Waals surface area (Å²) in [6, 6.07) is 6.02. The van der Waals surface area contributed by atoms with Gasteiger partial charge < -0.3 is 9.47 Å². The molecule has 2 rings (SSSR count). The van der Waals surface area contributed by atoms with Crippen molar-refractivity contribution >= 4 is 11.3 Å². The van der Waals surface area contributed by atoms with Crippen molar-refractivity contribution in [2.24, 2.45) is 5.84 Å². The molecule has 1 heterocycles. The van der Waals surface area contributed by atoms with Crippen molar-refractivity contribution in [1.29, 1.82) is 0 Å². The first-order chi connectivity index (χ1) is 9.62. The van der Waals surface area contributed by atoms with Crippen LogP contribution in [0.4, 0.5) is 0 Å². The van der Waals surface area contributed by atoms with Gasteiger partial charge in [0.15, 0.2) is 0 Å². The lowest BCUT2D eigenvalue weighted by Crippen LogP contribution is -2.28. The van der Waals surface area contributed by atoms with Crippen LogP contribution in [0.25, 0.3) is 0 Å². The molecule has 0 radical (unpaired) electrons. The average molecular weight is 292 g/mol. The third kappa shape index (κ3) is 2.65. The fourth-order valence-corrected chi connectivity index (χ4v) is 3.16. The Morgan fingerprint density at radius 1 is 1.20 bits per heavy atom. The quantitative estimate of drug-likeness (QED) is 0.657. The molecule has 1 atom stereocenters. The second kappa shape index (κ2) is 6.26. The smallest absolute Gasteiger partial charge is 0.129 e. The highest BCUT2D eigenvalue weighted by molar-refractivity contribution is 7.10. The fraction of sp³-hybridized carbons (Fsp3) is 0.333. The lowest BCUT2D eigenvalue weighted by atomic mass is 9.98. The molecule has 0 spiro atoms. The lowest BCUT2D eigenvalue weighted by molar-refractivity contribution is 0.400. The van der Waals surface area contributed by atoms with Crippen LogP contribution in [0.1, 0.15) is 27.6 Å². The number of thiophene rings is 1. The summed E-state index contributed by atoms with van der Waals surface area (Å²) in [5.74, 6) is 7.48. The first kappa shape index (κ1) is 14.8. The Kier molecular flexibility index (Phi) is 4.65. The van der Waals surface area contributed by atoms with Crippen molar-refractivity contribution in [3.63, 3.8) is 0 Å². The maximum atomic E-state index is 5.76. The van der Waals surface area contributed by atoms with Gasteiger partial charge in [0.05, 0.1) is 20.3 Å². The number of ether oxygens (including phenoxy) is 2. The number of rotatable bonds is 5. The highest BCUT2D eigenvalue weighted by Crippen LogP contribution is 2.37. The molecule has 0 saturated carbocycles. The largest absolute Gasteiger partial charge is 0.496 e. The molecule has 0 amide bonds. The molecule has 0 aliphatic heterocycles. The van der Waals surface area contributed by atoms with Crippen LogP contribution in [-0.2, 0) is 0 Å². The Bertz CT molecular complexity index is 596. The predicted octanol–water partition coefficient (Wildman–Crippen LogP) is 2.93. The van der Waals surface area contributed by atoms with E-state index in [1.807, 2.05) is 11.4 Å². The van der Waals surface area contributed by atoms with Crippen LogP contribution in [0.5, 0.6) is 11.5 Å². The van der Waals surface area contributed by atoms with Crippen molar-refractivity contribution in [1.82, 2.24) is 5.43 Å². The number of hydrazine groups is 1. The van der Waals surface area contributed by atoms with Crippen LogP contribution in [0, 0.1) is 13.8 Å². The van der Waals surface area contributed by atoms with Gasteiger partial charge in [0.1, 0.15) is 11.5 Å². The summed E-state index contributed by atoms with van der Waals surface area (Å²) in [5, 5.41) is 1.97. The van der Waals surface area contributed by atoms with Gasteiger partial charge in [-0.25, -0.2) is 5.43 Å². The van der Waals surface area contributed by atoms with Gasteiger partial charge in [0.25, 0.3) is 0 Å². The van der Waals surface area contributed by atoms with Crippen molar-refractivity contribution in [3.8, 4) is 11.5 Å². The maximum absolute atomic E-state index is 5.76. The summed E-state index contributed by atoms with van der Waals surface area (Å²) in [7, 11) is 3.35. The second-order valence-electron chi connectivity index (χ2n) is 4.62. The molecule has 0 fully saturated rings. The standard InChI is InChI=1S/C15H20N2O2S/c1-9-5-6-12(15(19-4)10(9)2)14(17-16)13-7-11(18-3)8-20-13/h5-8,14,17H,16H2,1-4H3. The zero-order valence-corrected chi connectivity index (χ0v) is 13.0. The second-order valence-corrected chi connectivity index (χ2v) is 5.56. The molecule has 0 bridgehead atoms. The van der Waals surface area contributed by atoms with Crippen molar-refractivity contribution < 1.29 is 9.47 Å². The molecule has 1 aromatic carbocycles. The fourth-order valence-electron chi connectivity index (χ4n) is 2.23. The van der Waals surface area contributed by atoms with E-state index in [9.17, 15) is 0 Å².